The highest BCUT2D eigenvalue weighted by Crippen LogP contribution is 2.28. The molecule has 8 heteroatoms. The second kappa shape index (κ2) is 6.38. The highest BCUT2D eigenvalue weighted by molar-refractivity contribution is 7.89. The number of nitrogens with one attached hydrogen (secondary N) is 1. The van der Waals surface area contributed by atoms with Crippen LogP contribution in [0.2, 0.25) is 0 Å². The second-order valence-corrected chi connectivity index (χ2v) is 7.27. The van der Waals surface area contributed by atoms with Crippen molar-refractivity contribution in [3.8, 4) is 0 Å². The Bertz CT molecular complexity index is 768. The van der Waals surface area contributed by atoms with Gasteiger partial charge in [0, 0.05) is 19.9 Å². The van der Waals surface area contributed by atoms with Gasteiger partial charge in [0.1, 0.15) is 10.7 Å². The third-order valence-corrected chi connectivity index (χ3v) is 5.24. The minimum atomic E-state index is -3.74. The zero-order valence-electron chi connectivity index (χ0n) is 12.6. The van der Waals surface area contributed by atoms with Gasteiger partial charge in [-0.3, -0.25) is 4.68 Å². The maximum absolute atomic E-state index is 13.2. The van der Waals surface area contributed by atoms with E-state index in [-0.39, 0.29) is 16.8 Å². The SMILES string of the molecule is Cn1cc(S(=O)(=O)NC(c2ccc(F)cc2)C2CCCO2)cn1. The van der Waals surface area contributed by atoms with E-state index in [4.69, 9.17) is 4.74 Å². The molecule has 1 aromatic carbocycles. The zero-order chi connectivity index (χ0) is 16.4. The third kappa shape index (κ3) is 3.60. The number of halogens is 1. The van der Waals surface area contributed by atoms with Gasteiger partial charge in [-0.1, -0.05) is 12.1 Å². The number of hydrogen-bond donors (Lipinski definition) is 1. The quantitative estimate of drug-likeness (QED) is 0.901. The predicted octanol–water partition coefficient (Wildman–Crippen LogP) is 1.76. The Labute approximate surface area is 134 Å². The molecule has 1 aliphatic rings. The number of aromatic nitrogens is 2. The second-order valence-electron chi connectivity index (χ2n) is 5.55. The molecule has 2 unspecified atom stereocenters. The van der Waals surface area contributed by atoms with Gasteiger partial charge in [0.25, 0.3) is 0 Å². The lowest BCUT2D eigenvalue weighted by Crippen LogP contribution is -2.36. The topological polar surface area (TPSA) is 73.2 Å². The number of ether oxygens (including phenoxy) is 1. The predicted molar refractivity (Wildman–Crippen MR) is 81.6 cm³/mol. The number of sulfonamides is 1. The summed E-state index contributed by atoms with van der Waals surface area (Å²) >= 11 is 0. The molecule has 1 aliphatic heterocycles. The summed E-state index contributed by atoms with van der Waals surface area (Å²) in [4.78, 5) is 0.0881. The van der Waals surface area contributed by atoms with Crippen LogP contribution in [-0.2, 0) is 21.8 Å². The average Bonchev–Trinajstić information content (AvgIpc) is 3.17. The molecule has 2 aromatic rings. The number of aryl methyl sites for hydroxylation is 1. The fourth-order valence-electron chi connectivity index (χ4n) is 2.67. The smallest absolute Gasteiger partial charge is 0.244 e. The normalized spacial score (nSPS) is 19.8. The number of nitrogens with zero attached hydrogens (tertiary/aromatic N) is 2. The van der Waals surface area contributed by atoms with E-state index in [1.54, 1.807) is 19.2 Å². The Kier molecular flexibility index (Phi) is 4.47. The first-order chi connectivity index (χ1) is 11.0. The van der Waals surface area contributed by atoms with Crippen molar-refractivity contribution in [2.45, 2.75) is 29.9 Å². The summed E-state index contributed by atoms with van der Waals surface area (Å²) in [5.41, 5.74) is 0.672. The van der Waals surface area contributed by atoms with Gasteiger partial charge in [0.05, 0.1) is 18.3 Å². The van der Waals surface area contributed by atoms with E-state index < -0.39 is 16.1 Å². The molecule has 2 atom stereocenters. The van der Waals surface area contributed by atoms with Crippen LogP contribution in [-0.4, -0.2) is 30.9 Å². The summed E-state index contributed by atoms with van der Waals surface area (Å²) in [6.07, 6.45) is 4.07. The van der Waals surface area contributed by atoms with E-state index in [1.807, 2.05) is 0 Å². The average molecular weight is 339 g/mol. The van der Waals surface area contributed by atoms with Crippen molar-refractivity contribution < 1.29 is 17.5 Å². The van der Waals surface area contributed by atoms with Gasteiger partial charge in [0.2, 0.25) is 10.0 Å². The molecule has 0 amide bonds. The van der Waals surface area contributed by atoms with E-state index in [0.717, 1.165) is 12.8 Å². The molecule has 1 N–H and O–H groups in total. The van der Waals surface area contributed by atoms with Gasteiger partial charge >= 0.3 is 0 Å². The summed E-state index contributed by atoms with van der Waals surface area (Å²) in [6, 6.07) is 5.22. The van der Waals surface area contributed by atoms with Gasteiger partial charge in [-0.2, -0.15) is 5.10 Å². The lowest BCUT2D eigenvalue weighted by molar-refractivity contribution is 0.0852. The van der Waals surface area contributed by atoms with Crippen molar-refractivity contribution in [2.24, 2.45) is 7.05 Å². The van der Waals surface area contributed by atoms with Crippen molar-refractivity contribution in [2.75, 3.05) is 6.61 Å². The molecule has 124 valence electrons. The molecule has 23 heavy (non-hydrogen) atoms. The van der Waals surface area contributed by atoms with Crippen LogP contribution < -0.4 is 4.72 Å². The Balaban J connectivity index is 1.90. The van der Waals surface area contributed by atoms with Gasteiger partial charge in [-0.25, -0.2) is 17.5 Å². The monoisotopic (exact) mass is 339 g/mol. The third-order valence-electron chi connectivity index (χ3n) is 3.84. The minimum absolute atomic E-state index is 0.0881. The zero-order valence-corrected chi connectivity index (χ0v) is 13.5. The first-order valence-corrected chi connectivity index (χ1v) is 8.82. The molecule has 6 nitrogen and oxygen atoms in total. The molecule has 2 heterocycles. The van der Waals surface area contributed by atoms with Crippen molar-refractivity contribution >= 4 is 10.0 Å². The van der Waals surface area contributed by atoms with E-state index in [1.165, 1.54) is 29.2 Å². The number of benzene rings is 1. The Morgan fingerprint density at radius 2 is 2.13 bits per heavy atom. The molecule has 0 aliphatic carbocycles. The fourth-order valence-corrected chi connectivity index (χ4v) is 3.90. The van der Waals surface area contributed by atoms with Gasteiger partial charge < -0.3 is 4.74 Å². The Morgan fingerprint density at radius 1 is 1.39 bits per heavy atom. The standard InChI is InChI=1S/C15H18FN3O3S/c1-19-10-13(9-17-19)23(20,21)18-15(14-3-2-8-22-14)11-4-6-12(16)7-5-11/h4-7,9-10,14-15,18H,2-3,8H2,1H3. The number of hydrogen-bond acceptors (Lipinski definition) is 4. The van der Waals surface area contributed by atoms with Crippen molar-refractivity contribution in [3.05, 3.63) is 48.0 Å². The van der Waals surface area contributed by atoms with E-state index in [9.17, 15) is 12.8 Å². The van der Waals surface area contributed by atoms with Crippen molar-refractivity contribution in [3.63, 3.8) is 0 Å². The molecular formula is C15H18FN3O3S. The summed E-state index contributed by atoms with van der Waals surface area (Å²) in [5, 5.41) is 3.89. The highest BCUT2D eigenvalue weighted by atomic mass is 32.2. The summed E-state index contributed by atoms with van der Waals surface area (Å²) in [6.45, 7) is 0.594. The first kappa shape index (κ1) is 16.1. The highest BCUT2D eigenvalue weighted by Gasteiger charge is 2.32. The molecule has 0 radical (unpaired) electrons. The molecule has 0 saturated carbocycles. The first-order valence-electron chi connectivity index (χ1n) is 7.34. The Morgan fingerprint density at radius 3 is 2.70 bits per heavy atom. The molecule has 1 fully saturated rings. The fraction of sp³-hybridized carbons (Fsp3) is 0.400. The lowest BCUT2D eigenvalue weighted by Gasteiger charge is -2.24. The van der Waals surface area contributed by atoms with Gasteiger partial charge in [-0.05, 0) is 30.5 Å². The molecule has 0 bridgehead atoms. The van der Waals surface area contributed by atoms with Crippen LogP contribution in [0.15, 0.2) is 41.6 Å². The van der Waals surface area contributed by atoms with Crippen molar-refractivity contribution in [1.29, 1.82) is 0 Å². The molecule has 3 rings (SSSR count). The van der Waals surface area contributed by atoms with Crippen LogP contribution in [0.1, 0.15) is 24.4 Å². The van der Waals surface area contributed by atoms with Crippen LogP contribution in [0.4, 0.5) is 4.39 Å². The summed E-state index contributed by atoms with van der Waals surface area (Å²) in [5.74, 6) is -0.366. The number of rotatable bonds is 5. The summed E-state index contributed by atoms with van der Waals surface area (Å²) in [7, 11) is -2.09. The molecule has 0 spiro atoms. The van der Waals surface area contributed by atoms with Crippen LogP contribution in [0.5, 0.6) is 0 Å². The molecule has 1 saturated heterocycles. The largest absolute Gasteiger partial charge is 0.376 e. The van der Waals surface area contributed by atoms with E-state index in [2.05, 4.69) is 9.82 Å². The minimum Gasteiger partial charge on any atom is -0.376 e. The van der Waals surface area contributed by atoms with Crippen LogP contribution in [0.25, 0.3) is 0 Å². The maximum atomic E-state index is 13.2. The van der Waals surface area contributed by atoms with Crippen LogP contribution in [0.3, 0.4) is 0 Å². The Hall–Kier alpha value is -1.77. The van der Waals surface area contributed by atoms with E-state index >= 15 is 0 Å². The molecule has 1 aromatic heterocycles. The van der Waals surface area contributed by atoms with Gasteiger partial charge in [-0.15, -0.1) is 0 Å². The van der Waals surface area contributed by atoms with Crippen LogP contribution in [0, 0.1) is 5.82 Å². The molecular weight excluding hydrogens is 321 g/mol. The summed E-state index contributed by atoms with van der Waals surface area (Å²) < 4.78 is 48.0. The maximum Gasteiger partial charge on any atom is 0.244 e. The van der Waals surface area contributed by atoms with Gasteiger partial charge in [0.15, 0.2) is 0 Å². The van der Waals surface area contributed by atoms with Crippen molar-refractivity contribution in [1.82, 2.24) is 14.5 Å². The lowest BCUT2D eigenvalue weighted by atomic mass is 10.0. The van der Waals surface area contributed by atoms with Crippen LogP contribution >= 0.6 is 0 Å². The van der Waals surface area contributed by atoms with E-state index in [0.29, 0.717) is 12.2 Å².